The molecule has 0 unspecified atom stereocenters. The van der Waals surface area contributed by atoms with Crippen molar-refractivity contribution in [3.63, 3.8) is 0 Å². The Morgan fingerprint density at radius 2 is 1.78 bits per heavy atom. The molecule has 0 fully saturated rings. The molecule has 0 bridgehead atoms. The van der Waals surface area contributed by atoms with Gasteiger partial charge >= 0.3 is 0 Å². The highest BCUT2D eigenvalue weighted by Crippen LogP contribution is 2.20. The fourth-order valence-corrected chi connectivity index (χ4v) is 2.41. The highest BCUT2D eigenvalue weighted by molar-refractivity contribution is 5.78. The standard InChI is InChI=1S/C16H12F3N3O/c1-8(20)15-21-14-12(3-2-4-13(14)19)16(23)22(15)11-6-9(17)5-10(18)7-11/h2-8H,20H2,1H3/t8-/m0/s1. The number of hydrogen-bond donors (Lipinski definition) is 1. The number of benzene rings is 2. The van der Waals surface area contributed by atoms with E-state index in [1.54, 1.807) is 6.92 Å². The summed E-state index contributed by atoms with van der Waals surface area (Å²) in [5, 5.41) is -0.000862. The summed E-state index contributed by atoms with van der Waals surface area (Å²) in [6.45, 7) is 1.54. The lowest BCUT2D eigenvalue weighted by molar-refractivity contribution is 0.578. The molecule has 3 aromatic rings. The zero-order valence-electron chi connectivity index (χ0n) is 12.1. The van der Waals surface area contributed by atoms with Crippen LogP contribution in [0, 0.1) is 17.5 Å². The summed E-state index contributed by atoms with van der Waals surface area (Å²) in [6, 6.07) is 5.85. The summed E-state index contributed by atoms with van der Waals surface area (Å²) in [5.74, 6) is -2.35. The van der Waals surface area contributed by atoms with Crippen molar-refractivity contribution in [2.24, 2.45) is 5.73 Å². The molecular weight excluding hydrogens is 307 g/mol. The average molecular weight is 319 g/mol. The number of nitrogens with two attached hydrogens (primary N) is 1. The van der Waals surface area contributed by atoms with Gasteiger partial charge in [0.15, 0.2) is 0 Å². The molecule has 0 aliphatic carbocycles. The van der Waals surface area contributed by atoms with Crippen molar-refractivity contribution in [3.8, 4) is 5.69 Å². The molecule has 3 rings (SSSR count). The molecule has 0 aliphatic rings. The Balaban J connectivity index is 2.46. The largest absolute Gasteiger partial charge is 0.322 e. The Morgan fingerprint density at radius 3 is 2.39 bits per heavy atom. The summed E-state index contributed by atoms with van der Waals surface area (Å²) in [6.07, 6.45) is 0. The van der Waals surface area contributed by atoms with E-state index in [2.05, 4.69) is 4.98 Å². The lowest BCUT2D eigenvalue weighted by Gasteiger charge is -2.16. The van der Waals surface area contributed by atoms with Gasteiger partial charge in [-0.1, -0.05) is 6.07 Å². The predicted octanol–water partition coefficient (Wildman–Crippen LogP) is 2.82. The first-order valence-corrected chi connectivity index (χ1v) is 6.81. The maximum atomic E-state index is 13.9. The van der Waals surface area contributed by atoms with Crippen LogP contribution in [0.25, 0.3) is 16.6 Å². The third kappa shape index (κ3) is 2.59. The molecule has 0 saturated carbocycles. The van der Waals surface area contributed by atoms with Gasteiger partial charge in [-0.15, -0.1) is 0 Å². The molecule has 0 amide bonds. The third-order valence-corrected chi connectivity index (χ3v) is 3.39. The van der Waals surface area contributed by atoms with Gasteiger partial charge in [0.2, 0.25) is 0 Å². The number of nitrogens with zero attached hydrogens (tertiary/aromatic N) is 2. The van der Waals surface area contributed by atoms with E-state index in [-0.39, 0.29) is 22.4 Å². The molecule has 2 aromatic carbocycles. The van der Waals surface area contributed by atoms with E-state index < -0.39 is 29.1 Å². The van der Waals surface area contributed by atoms with Gasteiger partial charge < -0.3 is 5.73 Å². The minimum Gasteiger partial charge on any atom is -0.322 e. The topological polar surface area (TPSA) is 60.9 Å². The Morgan fingerprint density at radius 1 is 1.13 bits per heavy atom. The van der Waals surface area contributed by atoms with Gasteiger partial charge in [0, 0.05) is 6.07 Å². The van der Waals surface area contributed by atoms with Gasteiger partial charge in [-0.3, -0.25) is 9.36 Å². The van der Waals surface area contributed by atoms with Crippen LogP contribution in [0.4, 0.5) is 13.2 Å². The van der Waals surface area contributed by atoms with Crippen LogP contribution in [0.5, 0.6) is 0 Å². The first-order chi connectivity index (χ1) is 10.9. The van der Waals surface area contributed by atoms with Gasteiger partial charge in [0.25, 0.3) is 5.56 Å². The van der Waals surface area contributed by atoms with Gasteiger partial charge in [0.1, 0.15) is 28.8 Å². The van der Waals surface area contributed by atoms with Gasteiger partial charge in [-0.25, -0.2) is 18.2 Å². The molecule has 1 atom stereocenters. The van der Waals surface area contributed by atoms with Crippen LogP contribution < -0.4 is 11.3 Å². The van der Waals surface area contributed by atoms with Crippen LogP contribution in [0.1, 0.15) is 18.8 Å². The van der Waals surface area contributed by atoms with Crippen molar-refractivity contribution in [1.82, 2.24) is 9.55 Å². The van der Waals surface area contributed by atoms with Gasteiger partial charge in [-0.2, -0.15) is 0 Å². The lowest BCUT2D eigenvalue weighted by atomic mass is 10.2. The van der Waals surface area contributed by atoms with Crippen molar-refractivity contribution in [1.29, 1.82) is 0 Å². The average Bonchev–Trinajstić information content (AvgIpc) is 2.46. The van der Waals surface area contributed by atoms with E-state index in [9.17, 15) is 18.0 Å². The predicted molar refractivity (Wildman–Crippen MR) is 79.8 cm³/mol. The summed E-state index contributed by atoms with van der Waals surface area (Å²) < 4.78 is 41.9. The zero-order chi connectivity index (χ0) is 16.7. The monoisotopic (exact) mass is 319 g/mol. The highest BCUT2D eigenvalue weighted by Gasteiger charge is 2.18. The van der Waals surface area contributed by atoms with E-state index in [1.165, 1.54) is 18.2 Å². The number of hydrogen-bond acceptors (Lipinski definition) is 3. The van der Waals surface area contributed by atoms with Crippen LogP contribution >= 0.6 is 0 Å². The Kier molecular flexibility index (Phi) is 3.65. The fourth-order valence-electron chi connectivity index (χ4n) is 2.41. The second-order valence-electron chi connectivity index (χ2n) is 5.16. The van der Waals surface area contributed by atoms with Gasteiger partial charge in [0.05, 0.1) is 17.1 Å². The zero-order valence-corrected chi connectivity index (χ0v) is 12.1. The molecule has 0 saturated heterocycles. The molecule has 118 valence electrons. The number of para-hydroxylation sites is 1. The highest BCUT2D eigenvalue weighted by atomic mass is 19.1. The van der Waals surface area contributed by atoms with Crippen LogP contribution in [-0.4, -0.2) is 9.55 Å². The number of halogens is 3. The van der Waals surface area contributed by atoms with Crippen molar-refractivity contribution in [2.45, 2.75) is 13.0 Å². The number of rotatable bonds is 2. The molecule has 0 aliphatic heterocycles. The van der Waals surface area contributed by atoms with Crippen LogP contribution in [0.15, 0.2) is 41.2 Å². The van der Waals surface area contributed by atoms with Crippen LogP contribution in [0.3, 0.4) is 0 Å². The van der Waals surface area contributed by atoms with E-state index >= 15 is 0 Å². The first kappa shape index (κ1) is 15.2. The van der Waals surface area contributed by atoms with Crippen molar-refractivity contribution in [2.75, 3.05) is 0 Å². The normalized spacial score (nSPS) is 12.6. The maximum Gasteiger partial charge on any atom is 0.266 e. The molecule has 1 heterocycles. The second kappa shape index (κ2) is 5.51. The first-order valence-electron chi connectivity index (χ1n) is 6.81. The number of fused-ring (bicyclic) bond motifs is 1. The van der Waals surface area contributed by atoms with E-state index in [4.69, 9.17) is 5.73 Å². The molecule has 7 heteroatoms. The molecule has 2 N–H and O–H groups in total. The smallest absolute Gasteiger partial charge is 0.266 e. The Labute approximate surface area is 129 Å². The molecule has 0 spiro atoms. The minimum absolute atomic E-state index is 0.000862. The lowest BCUT2D eigenvalue weighted by Crippen LogP contribution is -2.28. The summed E-state index contributed by atoms with van der Waals surface area (Å²) in [4.78, 5) is 16.8. The number of aromatic nitrogens is 2. The molecule has 1 aromatic heterocycles. The van der Waals surface area contributed by atoms with Crippen molar-refractivity contribution < 1.29 is 13.2 Å². The van der Waals surface area contributed by atoms with Crippen LogP contribution in [0.2, 0.25) is 0 Å². The minimum atomic E-state index is -0.845. The summed E-state index contributed by atoms with van der Waals surface area (Å²) in [5.41, 5.74) is 4.98. The second-order valence-corrected chi connectivity index (χ2v) is 5.16. The molecular formula is C16H12F3N3O. The molecule has 0 radical (unpaired) electrons. The van der Waals surface area contributed by atoms with Gasteiger partial charge in [-0.05, 0) is 31.2 Å². The van der Waals surface area contributed by atoms with E-state index in [1.807, 2.05) is 0 Å². The van der Waals surface area contributed by atoms with E-state index in [0.717, 1.165) is 16.7 Å². The van der Waals surface area contributed by atoms with Crippen LogP contribution in [-0.2, 0) is 0 Å². The molecule has 23 heavy (non-hydrogen) atoms. The summed E-state index contributed by atoms with van der Waals surface area (Å²) >= 11 is 0. The maximum absolute atomic E-state index is 13.9. The SMILES string of the molecule is C[C@H](N)c1nc2c(F)cccc2c(=O)n1-c1cc(F)cc(F)c1. The molecule has 4 nitrogen and oxygen atoms in total. The third-order valence-electron chi connectivity index (χ3n) is 3.39. The Bertz CT molecular complexity index is 946. The summed E-state index contributed by atoms with van der Waals surface area (Å²) in [7, 11) is 0. The van der Waals surface area contributed by atoms with Crippen molar-refractivity contribution >= 4 is 10.9 Å². The Hall–Kier alpha value is -2.67. The fraction of sp³-hybridized carbons (Fsp3) is 0.125. The quantitative estimate of drug-likeness (QED) is 0.790. The van der Waals surface area contributed by atoms with Crippen molar-refractivity contribution in [3.05, 3.63) is 70.0 Å². The van der Waals surface area contributed by atoms with E-state index in [0.29, 0.717) is 6.07 Å².